The van der Waals surface area contributed by atoms with E-state index in [1.807, 2.05) is 5.38 Å². The number of hydrogen-bond acceptors (Lipinski definition) is 5. The van der Waals surface area contributed by atoms with Gasteiger partial charge in [0.25, 0.3) is 5.91 Å². The second kappa shape index (κ2) is 6.56. The molecule has 0 fully saturated rings. The number of rotatable bonds is 4. The molecule has 2 heterocycles. The number of carbonyl (C=O) groups is 1. The molecule has 0 saturated heterocycles. The van der Waals surface area contributed by atoms with Gasteiger partial charge in [-0.05, 0) is 30.7 Å². The van der Waals surface area contributed by atoms with E-state index in [0.29, 0.717) is 17.1 Å². The minimum Gasteiger partial charge on any atom is -0.397 e. The molecule has 1 aliphatic rings. The Bertz CT molecular complexity index is 587. The van der Waals surface area contributed by atoms with Gasteiger partial charge in [0.2, 0.25) is 0 Å². The highest BCUT2D eigenvalue weighted by molar-refractivity contribution is 7.12. The molecular formula is C13H16ClN3OS2. The number of aromatic nitrogens is 1. The lowest BCUT2D eigenvalue weighted by atomic mass is 10.3. The van der Waals surface area contributed by atoms with Crippen molar-refractivity contribution >= 4 is 46.7 Å². The van der Waals surface area contributed by atoms with Crippen molar-refractivity contribution < 1.29 is 4.79 Å². The van der Waals surface area contributed by atoms with Crippen LogP contribution in [0, 0.1) is 0 Å². The monoisotopic (exact) mass is 329 g/mol. The molecule has 0 unspecified atom stereocenters. The van der Waals surface area contributed by atoms with Gasteiger partial charge in [0.1, 0.15) is 4.88 Å². The van der Waals surface area contributed by atoms with Gasteiger partial charge in [-0.2, -0.15) is 0 Å². The van der Waals surface area contributed by atoms with Gasteiger partial charge in [0, 0.05) is 17.8 Å². The van der Waals surface area contributed by atoms with Gasteiger partial charge in [0.15, 0.2) is 0 Å². The van der Waals surface area contributed by atoms with Gasteiger partial charge in [-0.3, -0.25) is 4.79 Å². The molecule has 3 N–H and O–H groups in total. The van der Waals surface area contributed by atoms with Crippen molar-refractivity contribution in [2.75, 3.05) is 12.3 Å². The van der Waals surface area contributed by atoms with E-state index < -0.39 is 0 Å². The summed E-state index contributed by atoms with van der Waals surface area (Å²) in [5, 5.41) is 5.86. The van der Waals surface area contributed by atoms with Crippen LogP contribution in [0.15, 0.2) is 11.4 Å². The third kappa shape index (κ3) is 3.13. The van der Waals surface area contributed by atoms with E-state index in [0.717, 1.165) is 17.8 Å². The van der Waals surface area contributed by atoms with Gasteiger partial charge < -0.3 is 11.1 Å². The lowest BCUT2D eigenvalue weighted by Gasteiger charge is -2.02. The van der Waals surface area contributed by atoms with Gasteiger partial charge >= 0.3 is 0 Å². The lowest BCUT2D eigenvalue weighted by Crippen LogP contribution is -2.25. The molecule has 108 valence electrons. The average Bonchev–Trinajstić information content (AvgIpc) is 3.03. The molecule has 0 aromatic carbocycles. The Hall–Kier alpha value is -1.11. The number of anilines is 1. The third-order valence-electron chi connectivity index (χ3n) is 3.17. The molecule has 3 rings (SSSR count). The summed E-state index contributed by atoms with van der Waals surface area (Å²) in [7, 11) is 0. The van der Waals surface area contributed by atoms with Crippen LogP contribution in [0.1, 0.15) is 31.7 Å². The predicted molar refractivity (Wildman–Crippen MR) is 86.2 cm³/mol. The minimum atomic E-state index is -0.0865. The summed E-state index contributed by atoms with van der Waals surface area (Å²) < 4.78 is 0. The SMILES string of the molecule is Cl.Nc1ccsc1C(=O)NCCc1nc2c(s1)CCC2. The van der Waals surface area contributed by atoms with Gasteiger partial charge in [-0.15, -0.1) is 35.1 Å². The smallest absolute Gasteiger partial charge is 0.263 e. The maximum Gasteiger partial charge on any atom is 0.263 e. The van der Waals surface area contributed by atoms with Crippen LogP contribution in [0.25, 0.3) is 0 Å². The molecule has 0 radical (unpaired) electrons. The Balaban J connectivity index is 0.00000147. The van der Waals surface area contributed by atoms with Crippen molar-refractivity contribution in [1.82, 2.24) is 10.3 Å². The van der Waals surface area contributed by atoms with Crippen LogP contribution in [-0.2, 0) is 19.3 Å². The van der Waals surface area contributed by atoms with E-state index in [-0.39, 0.29) is 18.3 Å². The average molecular weight is 330 g/mol. The van der Waals surface area contributed by atoms with Crippen LogP contribution in [0.3, 0.4) is 0 Å². The molecule has 2 aromatic heterocycles. The first-order chi connectivity index (χ1) is 9.24. The zero-order chi connectivity index (χ0) is 13.2. The van der Waals surface area contributed by atoms with Crippen LogP contribution in [0.4, 0.5) is 5.69 Å². The molecule has 0 bridgehead atoms. The van der Waals surface area contributed by atoms with Crippen LogP contribution in [0.5, 0.6) is 0 Å². The summed E-state index contributed by atoms with van der Waals surface area (Å²) in [6.07, 6.45) is 4.33. The number of nitrogens with one attached hydrogen (secondary N) is 1. The lowest BCUT2D eigenvalue weighted by molar-refractivity contribution is 0.0959. The van der Waals surface area contributed by atoms with E-state index in [4.69, 9.17) is 5.73 Å². The van der Waals surface area contributed by atoms with Crippen molar-refractivity contribution in [2.45, 2.75) is 25.7 Å². The van der Waals surface area contributed by atoms with E-state index in [1.54, 1.807) is 17.4 Å². The molecule has 2 aromatic rings. The molecular weight excluding hydrogens is 314 g/mol. The fourth-order valence-corrected chi connectivity index (χ4v) is 4.11. The normalized spacial score (nSPS) is 12.8. The Kier molecular flexibility index (Phi) is 5.01. The largest absolute Gasteiger partial charge is 0.397 e. The van der Waals surface area contributed by atoms with Crippen molar-refractivity contribution in [2.24, 2.45) is 0 Å². The molecule has 0 atom stereocenters. The second-order valence-electron chi connectivity index (χ2n) is 4.54. The number of hydrogen-bond donors (Lipinski definition) is 2. The van der Waals surface area contributed by atoms with Crippen molar-refractivity contribution in [1.29, 1.82) is 0 Å². The molecule has 7 heteroatoms. The van der Waals surface area contributed by atoms with Crippen LogP contribution >= 0.6 is 35.1 Å². The van der Waals surface area contributed by atoms with Crippen molar-refractivity contribution in [3.8, 4) is 0 Å². The Morgan fingerprint density at radius 3 is 3.00 bits per heavy atom. The Labute approximate surface area is 131 Å². The second-order valence-corrected chi connectivity index (χ2v) is 6.63. The number of thiophene rings is 1. The summed E-state index contributed by atoms with van der Waals surface area (Å²) in [5.41, 5.74) is 7.54. The summed E-state index contributed by atoms with van der Waals surface area (Å²) in [4.78, 5) is 18.5. The molecule has 1 aliphatic carbocycles. The zero-order valence-electron chi connectivity index (χ0n) is 10.8. The first kappa shape index (κ1) is 15.3. The van der Waals surface area contributed by atoms with Crippen molar-refractivity contribution in [3.63, 3.8) is 0 Å². The highest BCUT2D eigenvalue weighted by Gasteiger charge is 2.16. The first-order valence-corrected chi connectivity index (χ1v) is 8.02. The van der Waals surface area contributed by atoms with Gasteiger partial charge in [-0.1, -0.05) is 0 Å². The predicted octanol–water partition coefficient (Wildman–Crippen LogP) is 2.67. The molecule has 20 heavy (non-hydrogen) atoms. The van der Waals surface area contributed by atoms with Crippen LogP contribution in [-0.4, -0.2) is 17.4 Å². The molecule has 0 saturated carbocycles. The maximum atomic E-state index is 11.9. The number of nitrogens with two attached hydrogens (primary N) is 1. The molecule has 0 spiro atoms. The zero-order valence-corrected chi connectivity index (χ0v) is 13.3. The topological polar surface area (TPSA) is 68.0 Å². The number of aryl methyl sites for hydroxylation is 2. The third-order valence-corrected chi connectivity index (χ3v) is 5.31. The number of amides is 1. The van der Waals surface area contributed by atoms with E-state index in [2.05, 4.69) is 10.3 Å². The summed E-state index contributed by atoms with van der Waals surface area (Å²) in [6, 6.07) is 1.75. The number of carbonyl (C=O) groups excluding carboxylic acids is 1. The molecule has 0 aliphatic heterocycles. The first-order valence-electron chi connectivity index (χ1n) is 6.32. The van der Waals surface area contributed by atoms with Crippen LogP contribution < -0.4 is 11.1 Å². The van der Waals surface area contributed by atoms with Crippen LogP contribution in [0.2, 0.25) is 0 Å². The number of nitrogen functional groups attached to an aromatic ring is 1. The van der Waals surface area contributed by atoms with E-state index in [9.17, 15) is 4.79 Å². The number of nitrogens with zero attached hydrogens (tertiary/aromatic N) is 1. The minimum absolute atomic E-state index is 0. The highest BCUT2D eigenvalue weighted by Crippen LogP contribution is 2.27. The fourth-order valence-electron chi connectivity index (χ4n) is 2.22. The summed E-state index contributed by atoms with van der Waals surface area (Å²) in [5.74, 6) is -0.0865. The maximum absolute atomic E-state index is 11.9. The van der Waals surface area contributed by atoms with Gasteiger partial charge in [0.05, 0.1) is 16.4 Å². The Morgan fingerprint density at radius 2 is 2.30 bits per heavy atom. The number of halogens is 1. The van der Waals surface area contributed by atoms with E-state index >= 15 is 0 Å². The van der Waals surface area contributed by atoms with Gasteiger partial charge in [-0.25, -0.2) is 4.98 Å². The summed E-state index contributed by atoms with van der Waals surface area (Å²) >= 11 is 3.16. The number of fused-ring (bicyclic) bond motifs is 1. The quantitative estimate of drug-likeness (QED) is 0.906. The molecule has 1 amide bonds. The van der Waals surface area contributed by atoms with Crippen molar-refractivity contribution in [3.05, 3.63) is 31.9 Å². The van der Waals surface area contributed by atoms with E-state index in [1.165, 1.54) is 34.7 Å². The highest BCUT2D eigenvalue weighted by atomic mass is 35.5. The molecule has 4 nitrogen and oxygen atoms in total. The Morgan fingerprint density at radius 1 is 1.45 bits per heavy atom. The summed E-state index contributed by atoms with van der Waals surface area (Å²) in [6.45, 7) is 0.614. The standard InChI is InChI=1S/C13H15N3OS2.ClH/c14-8-5-7-18-12(8)13(17)15-6-4-11-16-9-2-1-3-10(9)19-11;/h5,7H,1-4,6,14H2,(H,15,17);1H. The number of thiazole rings is 1. The fraction of sp³-hybridized carbons (Fsp3) is 0.385.